The molecule has 2 atom stereocenters. The van der Waals surface area contributed by atoms with Crippen LogP contribution in [0, 0.1) is 0 Å². The maximum absolute atomic E-state index is 13.6. The molecule has 2 saturated heterocycles. The van der Waals surface area contributed by atoms with Gasteiger partial charge in [-0.15, -0.1) is 5.10 Å². The highest BCUT2D eigenvalue weighted by molar-refractivity contribution is 5.80. The van der Waals surface area contributed by atoms with Gasteiger partial charge in [0.25, 0.3) is 5.56 Å². The Balaban J connectivity index is 1.18. The summed E-state index contributed by atoms with van der Waals surface area (Å²) in [7, 11) is 0. The van der Waals surface area contributed by atoms with Gasteiger partial charge < -0.3 is 19.2 Å². The summed E-state index contributed by atoms with van der Waals surface area (Å²) in [5, 5.41) is 13.9. The molecule has 0 aliphatic carbocycles. The zero-order valence-electron chi connectivity index (χ0n) is 23.3. The molecule has 3 aliphatic heterocycles. The van der Waals surface area contributed by atoms with E-state index in [9.17, 15) is 4.79 Å². The summed E-state index contributed by atoms with van der Waals surface area (Å²) >= 11 is 0. The largest absolute Gasteiger partial charge is 0.454 e. The lowest BCUT2D eigenvalue weighted by Crippen LogP contribution is -2.48. The van der Waals surface area contributed by atoms with E-state index in [0.717, 1.165) is 81.0 Å². The number of aromatic nitrogens is 5. The summed E-state index contributed by atoms with van der Waals surface area (Å²) in [4.78, 5) is 21.5. The van der Waals surface area contributed by atoms with Gasteiger partial charge in [-0.05, 0) is 76.5 Å². The average molecular weight is 558 g/mol. The Kier molecular flexibility index (Phi) is 7.15. The quantitative estimate of drug-likeness (QED) is 0.350. The molecule has 2 fully saturated rings. The van der Waals surface area contributed by atoms with Gasteiger partial charge in [0, 0.05) is 50.4 Å². The van der Waals surface area contributed by atoms with Crippen LogP contribution in [0.4, 0.5) is 0 Å². The number of tetrazole rings is 1. The number of hydrogen-bond donors (Lipinski definition) is 1. The highest BCUT2D eigenvalue weighted by atomic mass is 16.7. The van der Waals surface area contributed by atoms with Gasteiger partial charge in [-0.25, -0.2) is 4.68 Å². The molecule has 1 N–H and O–H groups in total. The van der Waals surface area contributed by atoms with E-state index in [4.69, 9.17) is 14.2 Å². The Hall–Kier alpha value is -3.80. The maximum Gasteiger partial charge on any atom is 0.253 e. The van der Waals surface area contributed by atoms with Gasteiger partial charge >= 0.3 is 0 Å². The smallest absolute Gasteiger partial charge is 0.253 e. The summed E-state index contributed by atoms with van der Waals surface area (Å²) in [5.41, 5.74) is 3.81. The maximum atomic E-state index is 13.6. The zero-order valence-corrected chi connectivity index (χ0v) is 23.3. The first-order valence-electron chi connectivity index (χ1n) is 14.5. The summed E-state index contributed by atoms with van der Waals surface area (Å²) in [5.74, 6) is 2.29. The molecule has 0 radical (unpaired) electrons. The molecular formula is C30H35N7O4. The Morgan fingerprint density at radius 2 is 1.88 bits per heavy atom. The number of aromatic amines is 1. The van der Waals surface area contributed by atoms with Gasteiger partial charge in [-0.2, -0.15) is 0 Å². The fourth-order valence-electron chi connectivity index (χ4n) is 6.19. The second-order valence-corrected chi connectivity index (χ2v) is 11.1. The van der Waals surface area contributed by atoms with Crippen molar-refractivity contribution < 1.29 is 14.2 Å². The number of pyridine rings is 1. The first-order chi connectivity index (χ1) is 20.1. The molecule has 0 saturated carbocycles. The molecule has 11 heteroatoms. The van der Waals surface area contributed by atoms with E-state index >= 15 is 0 Å². The third-order valence-corrected chi connectivity index (χ3v) is 8.46. The molecule has 4 aromatic rings. The van der Waals surface area contributed by atoms with Gasteiger partial charge in [0.2, 0.25) is 6.79 Å². The normalized spacial score (nSPS) is 20.2. The van der Waals surface area contributed by atoms with Crippen molar-refractivity contribution in [2.45, 2.75) is 51.4 Å². The van der Waals surface area contributed by atoms with Gasteiger partial charge in [-0.3, -0.25) is 14.6 Å². The summed E-state index contributed by atoms with van der Waals surface area (Å²) in [6.45, 7) is 7.83. The second-order valence-electron chi connectivity index (χ2n) is 11.1. The molecule has 41 heavy (non-hydrogen) atoms. The lowest BCUT2D eigenvalue weighted by molar-refractivity contribution is 0.0840. The van der Waals surface area contributed by atoms with Gasteiger partial charge in [0.05, 0.1) is 12.6 Å². The fraction of sp³-hybridized carbons (Fsp3) is 0.467. The van der Waals surface area contributed by atoms with Gasteiger partial charge in [0.1, 0.15) is 6.04 Å². The predicted molar refractivity (Wildman–Crippen MR) is 152 cm³/mol. The van der Waals surface area contributed by atoms with E-state index in [2.05, 4.69) is 61.5 Å². The van der Waals surface area contributed by atoms with E-state index in [-0.39, 0.29) is 24.5 Å². The molecule has 0 unspecified atom stereocenters. The summed E-state index contributed by atoms with van der Waals surface area (Å²) in [6, 6.07) is 14.0. The number of nitrogens with one attached hydrogen (secondary N) is 1. The number of ether oxygens (including phenoxy) is 3. The number of hydrogen-bond acceptors (Lipinski definition) is 9. The number of H-pyrrole nitrogens is 1. The number of fused-ring (bicyclic) bond motifs is 2. The molecule has 0 bridgehead atoms. The molecule has 0 spiro atoms. The SMILES string of the molecule is CCc1ccc2[nH]c(=O)c([C@@H](c3nnnn3C[C@@H]3CCCO3)N3CCN(Cc4ccc5c(c4)OCO5)CC3)cc2c1. The molecule has 5 heterocycles. The van der Waals surface area contributed by atoms with Crippen molar-refractivity contribution in [2.75, 3.05) is 39.6 Å². The molecule has 11 nitrogen and oxygen atoms in total. The average Bonchev–Trinajstić information content (AvgIpc) is 3.77. The number of aryl methyl sites for hydroxylation is 1. The van der Waals surface area contributed by atoms with E-state index in [1.54, 1.807) is 0 Å². The Morgan fingerprint density at radius 3 is 2.71 bits per heavy atom. The molecule has 214 valence electrons. The number of rotatable bonds is 8. The van der Waals surface area contributed by atoms with Crippen LogP contribution < -0.4 is 15.0 Å². The summed E-state index contributed by atoms with van der Waals surface area (Å²) < 4.78 is 18.8. The van der Waals surface area contributed by atoms with Crippen molar-refractivity contribution in [3.63, 3.8) is 0 Å². The predicted octanol–water partition coefficient (Wildman–Crippen LogP) is 2.89. The Bertz CT molecular complexity index is 1590. The third kappa shape index (κ3) is 5.32. The van der Waals surface area contributed by atoms with Crippen molar-refractivity contribution in [2.24, 2.45) is 0 Å². The van der Waals surface area contributed by atoms with E-state index in [1.165, 1.54) is 11.1 Å². The zero-order chi connectivity index (χ0) is 27.8. The molecule has 0 amide bonds. The lowest BCUT2D eigenvalue weighted by atomic mass is 10.0. The number of piperazine rings is 1. The van der Waals surface area contributed by atoms with Crippen LogP contribution in [0.2, 0.25) is 0 Å². The van der Waals surface area contributed by atoms with Crippen LogP contribution in [0.3, 0.4) is 0 Å². The minimum atomic E-state index is -0.377. The van der Waals surface area contributed by atoms with Crippen LogP contribution in [-0.4, -0.2) is 80.7 Å². The summed E-state index contributed by atoms with van der Waals surface area (Å²) in [6.07, 6.45) is 3.04. The Labute approximate surface area is 238 Å². The second kappa shape index (κ2) is 11.2. The standard InChI is InChI=1S/C30H35N7O4/c1-2-20-5-7-25-22(14-20)16-24(30(38)31-25)28(29-32-33-34-37(29)18-23-4-3-13-39-23)36-11-9-35(10-12-36)17-21-6-8-26-27(15-21)41-19-40-26/h5-8,14-16,23,28H,2-4,9-13,17-19H2,1H3,(H,31,38)/t23-,28-/m0/s1. The van der Waals surface area contributed by atoms with Crippen LogP contribution in [0.1, 0.15) is 48.3 Å². The minimum Gasteiger partial charge on any atom is -0.454 e. The third-order valence-electron chi connectivity index (χ3n) is 8.46. The van der Waals surface area contributed by atoms with Crippen molar-refractivity contribution in [3.8, 4) is 11.5 Å². The van der Waals surface area contributed by atoms with Crippen LogP contribution >= 0.6 is 0 Å². The van der Waals surface area contributed by atoms with Crippen LogP contribution in [0.5, 0.6) is 11.5 Å². The van der Waals surface area contributed by atoms with Crippen molar-refractivity contribution >= 4 is 10.9 Å². The molecule has 3 aliphatic rings. The molecular weight excluding hydrogens is 522 g/mol. The van der Waals surface area contributed by atoms with Gasteiger partial charge in [0.15, 0.2) is 17.3 Å². The van der Waals surface area contributed by atoms with Crippen LogP contribution in [-0.2, 0) is 24.2 Å². The van der Waals surface area contributed by atoms with Crippen molar-refractivity contribution in [3.05, 3.63) is 75.3 Å². The highest BCUT2D eigenvalue weighted by Gasteiger charge is 2.33. The monoisotopic (exact) mass is 557 g/mol. The number of nitrogens with zero attached hydrogens (tertiary/aromatic N) is 6. The highest BCUT2D eigenvalue weighted by Crippen LogP contribution is 2.33. The first-order valence-corrected chi connectivity index (χ1v) is 14.5. The first kappa shape index (κ1) is 26.1. The van der Waals surface area contributed by atoms with E-state index in [0.29, 0.717) is 17.9 Å². The van der Waals surface area contributed by atoms with Crippen molar-refractivity contribution in [1.29, 1.82) is 0 Å². The topological polar surface area (TPSA) is 111 Å². The van der Waals surface area contributed by atoms with Crippen molar-refractivity contribution in [1.82, 2.24) is 35.0 Å². The molecule has 2 aromatic carbocycles. The van der Waals surface area contributed by atoms with Crippen LogP contribution in [0.15, 0.2) is 47.3 Å². The lowest BCUT2D eigenvalue weighted by Gasteiger charge is -2.38. The fourth-order valence-corrected chi connectivity index (χ4v) is 6.19. The molecule has 7 rings (SSSR count). The van der Waals surface area contributed by atoms with E-state index < -0.39 is 0 Å². The minimum absolute atomic E-state index is 0.0819. The van der Waals surface area contributed by atoms with E-state index in [1.807, 2.05) is 22.9 Å². The van der Waals surface area contributed by atoms with Crippen LogP contribution in [0.25, 0.3) is 10.9 Å². The van der Waals surface area contributed by atoms with Gasteiger partial charge in [-0.1, -0.05) is 19.1 Å². The Morgan fingerprint density at radius 1 is 1.02 bits per heavy atom. The number of benzene rings is 2. The molecule has 2 aromatic heterocycles.